The second kappa shape index (κ2) is 2.49. The molecule has 0 unspecified atom stereocenters. The summed E-state index contributed by atoms with van der Waals surface area (Å²) in [6.07, 6.45) is 2.97. The summed E-state index contributed by atoms with van der Waals surface area (Å²) in [5.74, 6) is 5.40. The van der Waals surface area contributed by atoms with Gasteiger partial charge in [0.2, 0.25) is 0 Å². The van der Waals surface area contributed by atoms with E-state index in [1.54, 1.807) is 7.05 Å². The van der Waals surface area contributed by atoms with Crippen molar-refractivity contribution in [2.24, 2.45) is 5.84 Å². The van der Waals surface area contributed by atoms with Gasteiger partial charge >= 0.3 is 0 Å². The van der Waals surface area contributed by atoms with E-state index in [2.05, 4.69) is 10.2 Å². The number of nitrogens with zero attached hydrogens (tertiary/aromatic N) is 3. The quantitative estimate of drug-likeness (QED) is 0.400. The van der Waals surface area contributed by atoms with Crippen molar-refractivity contribution < 1.29 is 0 Å². The van der Waals surface area contributed by atoms with Crippen molar-refractivity contribution in [3.05, 3.63) is 12.4 Å². The minimum absolute atomic E-state index is 0.528. The molecular formula is C5H9N5. The van der Waals surface area contributed by atoms with Crippen molar-refractivity contribution in [1.82, 2.24) is 10.2 Å². The second-order valence-electron chi connectivity index (χ2n) is 1.94. The lowest BCUT2D eigenvalue weighted by Gasteiger charge is -2.11. The van der Waals surface area contributed by atoms with Gasteiger partial charge in [-0.3, -0.25) is 0 Å². The molecule has 0 aliphatic heterocycles. The van der Waals surface area contributed by atoms with Crippen molar-refractivity contribution >= 4 is 11.4 Å². The predicted molar refractivity (Wildman–Crippen MR) is 39.0 cm³/mol. The summed E-state index contributed by atoms with van der Waals surface area (Å²) in [6.45, 7) is 0. The smallest absolute Gasteiger partial charge is 0.0963 e. The zero-order valence-electron chi connectivity index (χ0n) is 5.65. The molecule has 0 saturated heterocycles. The first kappa shape index (κ1) is 6.76. The van der Waals surface area contributed by atoms with Gasteiger partial charge in [-0.25, -0.2) is 5.84 Å². The average Bonchev–Trinajstić information content (AvgIpc) is 1.88. The molecular weight excluding hydrogens is 130 g/mol. The monoisotopic (exact) mass is 139 g/mol. The van der Waals surface area contributed by atoms with Crippen LogP contribution in [0.5, 0.6) is 0 Å². The molecule has 5 nitrogen and oxygen atoms in total. The number of hydrogen-bond acceptors (Lipinski definition) is 5. The Labute approximate surface area is 58.6 Å². The number of rotatable bonds is 1. The standard InChI is InChI=1S/C5H9N5/c1-10(7)5-3-9-8-2-4(5)6/h2-3H,7H2,1H3,(H2,6,9). The third-order valence-corrected chi connectivity index (χ3v) is 1.12. The number of anilines is 2. The molecule has 0 fully saturated rings. The topological polar surface area (TPSA) is 81.1 Å². The van der Waals surface area contributed by atoms with Gasteiger partial charge in [-0.2, -0.15) is 10.2 Å². The van der Waals surface area contributed by atoms with Crippen molar-refractivity contribution in [3.8, 4) is 0 Å². The van der Waals surface area contributed by atoms with Crippen molar-refractivity contribution in [1.29, 1.82) is 0 Å². The van der Waals surface area contributed by atoms with Gasteiger partial charge in [-0.05, 0) is 0 Å². The first-order valence-electron chi connectivity index (χ1n) is 2.76. The molecule has 0 aliphatic rings. The van der Waals surface area contributed by atoms with E-state index >= 15 is 0 Å². The maximum absolute atomic E-state index is 5.50. The summed E-state index contributed by atoms with van der Waals surface area (Å²) in [5, 5.41) is 8.58. The van der Waals surface area contributed by atoms with Gasteiger partial charge in [-0.15, -0.1) is 0 Å². The molecule has 1 heterocycles. The molecule has 4 N–H and O–H groups in total. The Morgan fingerprint density at radius 1 is 1.40 bits per heavy atom. The van der Waals surface area contributed by atoms with E-state index in [1.807, 2.05) is 0 Å². The third-order valence-electron chi connectivity index (χ3n) is 1.12. The summed E-state index contributed by atoms with van der Waals surface area (Å²) in [5.41, 5.74) is 6.70. The van der Waals surface area contributed by atoms with Gasteiger partial charge in [0.25, 0.3) is 0 Å². The van der Waals surface area contributed by atoms with Crippen LogP contribution in [-0.2, 0) is 0 Å². The molecule has 1 rings (SSSR count). The van der Waals surface area contributed by atoms with E-state index in [4.69, 9.17) is 11.6 Å². The second-order valence-corrected chi connectivity index (χ2v) is 1.94. The molecule has 5 heteroatoms. The van der Waals surface area contributed by atoms with Crippen molar-refractivity contribution in [3.63, 3.8) is 0 Å². The van der Waals surface area contributed by atoms with Crippen LogP contribution in [0.1, 0.15) is 0 Å². The molecule has 0 aromatic carbocycles. The van der Waals surface area contributed by atoms with E-state index in [-0.39, 0.29) is 0 Å². The Bertz CT molecular complexity index is 221. The predicted octanol–water partition coefficient (Wildman–Crippen LogP) is -0.631. The van der Waals surface area contributed by atoms with Crippen LogP contribution in [-0.4, -0.2) is 17.2 Å². The first-order chi connectivity index (χ1) is 4.72. The number of hydrazine groups is 1. The maximum atomic E-state index is 5.50. The zero-order valence-corrected chi connectivity index (χ0v) is 5.65. The first-order valence-corrected chi connectivity index (χ1v) is 2.76. The fourth-order valence-electron chi connectivity index (χ4n) is 0.619. The fraction of sp³-hybridized carbons (Fsp3) is 0.200. The summed E-state index contributed by atoms with van der Waals surface area (Å²) >= 11 is 0. The van der Waals surface area contributed by atoms with Gasteiger partial charge in [0, 0.05) is 7.05 Å². The van der Waals surface area contributed by atoms with Crippen LogP contribution in [0.4, 0.5) is 11.4 Å². The minimum Gasteiger partial charge on any atom is -0.396 e. The van der Waals surface area contributed by atoms with Gasteiger partial charge < -0.3 is 10.7 Å². The normalized spacial score (nSPS) is 9.40. The number of nitrogens with two attached hydrogens (primary N) is 2. The average molecular weight is 139 g/mol. The molecule has 0 amide bonds. The largest absolute Gasteiger partial charge is 0.396 e. The van der Waals surface area contributed by atoms with Crippen LogP contribution < -0.4 is 16.6 Å². The van der Waals surface area contributed by atoms with E-state index in [9.17, 15) is 0 Å². The van der Waals surface area contributed by atoms with Crippen LogP contribution in [0, 0.1) is 0 Å². The highest BCUT2D eigenvalue weighted by Gasteiger charge is 1.99. The Morgan fingerprint density at radius 3 is 2.40 bits per heavy atom. The lowest BCUT2D eigenvalue weighted by atomic mass is 10.4. The van der Waals surface area contributed by atoms with Crippen LogP contribution in [0.25, 0.3) is 0 Å². The summed E-state index contributed by atoms with van der Waals surface area (Å²) < 4.78 is 0. The summed E-state index contributed by atoms with van der Waals surface area (Å²) in [6, 6.07) is 0. The van der Waals surface area contributed by atoms with Crippen molar-refractivity contribution in [2.45, 2.75) is 0 Å². The summed E-state index contributed by atoms with van der Waals surface area (Å²) in [4.78, 5) is 0. The molecule has 54 valence electrons. The molecule has 1 aromatic rings. The van der Waals surface area contributed by atoms with Gasteiger partial charge in [0.05, 0.1) is 23.8 Å². The highest BCUT2D eigenvalue weighted by Crippen LogP contribution is 2.14. The van der Waals surface area contributed by atoms with E-state index in [0.717, 1.165) is 0 Å². The number of aromatic nitrogens is 2. The van der Waals surface area contributed by atoms with E-state index in [0.29, 0.717) is 11.4 Å². The third kappa shape index (κ3) is 1.14. The van der Waals surface area contributed by atoms with E-state index in [1.165, 1.54) is 17.4 Å². The molecule has 0 bridgehead atoms. The fourth-order valence-corrected chi connectivity index (χ4v) is 0.619. The molecule has 0 aliphatic carbocycles. The molecule has 10 heavy (non-hydrogen) atoms. The van der Waals surface area contributed by atoms with Gasteiger partial charge in [-0.1, -0.05) is 0 Å². The molecule has 0 spiro atoms. The van der Waals surface area contributed by atoms with Crippen LogP contribution in [0.2, 0.25) is 0 Å². The SMILES string of the molecule is CN(N)c1cnncc1N. The van der Waals surface area contributed by atoms with Crippen molar-refractivity contribution in [2.75, 3.05) is 17.8 Å². The van der Waals surface area contributed by atoms with Crippen LogP contribution in [0.3, 0.4) is 0 Å². The molecule has 0 atom stereocenters. The Hall–Kier alpha value is -1.36. The van der Waals surface area contributed by atoms with Gasteiger partial charge in [0.15, 0.2) is 0 Å². The summed E-state index contributed by atoms with van der Waals surface area (Å²) in [7, 11) is 1.69. The zero-order chi connectivity index (χ0) is 7.56. The Kier molecular flexibility index (Phi) is 1.68. The van der Waals surface area contributed by atoms with Crippen LogP contribution in [0.15, 0.2) is 12.4 Å². The van der Waals surface area contributed by atoms with Gasteiger partial charge in [0.1, 0.15) is 0 Å². The number of hydrogen-bond donors (Lipinski definition) is 2. The lowest BCUT2D eigenvalue weighted by molar-refractivity contribution is 0.968. The molecule has 1 aromatic heterocycles. The lowest BCUT2D eigenvalue weighted by Crippen LogP contribution is -2.26. The molecule has 0 radical (unpaired) electrons. The maximum Gasteiger partial charge on any atom is 0.0963 e. The Morgan fingerprint density at radius 2 is 2.00 bits per heavy atom. The highest BCUT2D eigenvalue weighted by molar-refractivity contribution is 5.63. The minimum atomic E-state index is 0.528. The Balaban J connectivity index is 3.03. The number of nitrogen functional groups attached to an aromatic ring is 1. The van der Waals surface area contributed by atoms with Crippen LogP contribution >= 0.6 is 0 Å². The molecule has 0 saturated carbocycles. The highest BCUT2D eigenvalue weighted by atomic mass is 15.4. The van der Waals surface area contributed by atoms with E-state index < -0.39 is 0 Å².